The lowest BCUT2D eigenvalue weighted by molar-refractivity contribution is -0.461. The first kappa shape index (κ1) is 40.4. The SMILES string of the molecule is CCCCOCCOC(F)(C(F)(F)C(F)(F)F)C(F)(F)C(F)(F)C(F)OS(=O)(=O)C(F)(F)C(F)(F)C(F)(F)C(F)(F)F. The Hall–Kier alpha value is -1.57. The van der Waals surface area contributed by atoms with Crippen LogP contribution in [0.15, 0.2) is 0 Å². The highest BCUT2D eigenvalue weighted by molar-refractivity contribution is 7.87. The van der Waals surface area contributed by atoms with Crippen LogP contribution in [-0.4, -0.2) is 87.7 Å². The summed E-state index contributed by atoms with van der Waals surface area (Å²) in [6.07, 6.45) is -21.5. The van der Waals surface area contributed by atoms with E-state index in [4.69, 9.17) is 0 Å². The van der Waals surface area contributed by atoms with Gasteiger partial charge in [0.05, 0.1) is 13.2 Å². The summed E-state index contributed by atoms with van der Waals surface area (Å²) >= 11 is 0. The van der Waals surface area contributed by atoms with E-state index in [1.807, 2.05) is 0 Å². The summed E-state index contributed by atoms with van der Waals surface area (Å²) in [4.78, 5) is 0. The van der Waals surface area contributed by atoms with E-state index in [1.165, 1.54) is 6.92 Å². The first-order chi connectivity index (χ1) is 18.2. The molecule has 0 fully saturated rings. The van der Waals surface area contributed by atoms with E-state index in [2.05, 4.69) is 9.47 Å². The van der Waals surface area contributed by atoms with Crippen molar-refractivity contribution in [1.29, 1.82) is 0 Å². The van der Waals surface area contributed by atoms with Crippen molar-refractivity contribution in [2.45, 2.75) is 79.2 Å². The van der Waals surface area contributed by atoms with Crippen LogP contribution in [0, 0.1) is 0 Å². The number of alkyl halides is 20. The van der Waals surface area contributed by atoms with Crippen LogP contribution in [0.25, 0.3) is 0 Å². The lowest BCUT2D eigenvalue weighted by Gasteiger charge is -2.42. The van der Waals surface area contributed by atoms with Gasteiger partial charge in [0.1, 0.15) is 0 Å². The van der Waals surface area contributed by atoms with E-state index in [1.54, 1.807) is 4.18 Å². The molecule has 2 atom stereocenters. The van der Waals surface area contributed by atoms with Crippen LogP contribution in [0.2, 0.25) is 0 Å². The van der Waals surface area contributed by atoms with Crippen LogP contribution in [0.1, 0.15) is 19.8 Å². The third-order valence-corrected chi connectivity index (χ3v) is 5.99. The molecule has 0 aliphatic carbocycles. The third kappa shape index (κ3) is 6.58. The summed E-state index contributed by atoms with van der Waals surface area (Å²) < 4.78 is 297. The van der Waals surface area contributed by atoms with Gasteiger partial charge in [0.25, 0.3) is 6.36 Å². The summed E-state index contributed by atoms with van der Waals surface area (Å²) in [6, 6.07) is 0. The van der Waals surface area contributed by atoms with Crippen LogP contribution in [-0.2, 0) is 23.8 Å². The highest BCUT2D eigenvalue weighted by Gasteiger charge is 2.90. The van der Waals surface area contributed by atoms with Crippen molar-refractivity contribution < 1.29 is 110 Å². The Morgan fingerprint density at radius 2 is 1.02 bits per heavy atom. The second kappa shape index (κ2) is 12.1. The van der Waals surface area contributed by atoms with E-state index >= 15 is 0 Å². The van der Waals surface area contributed by atoms with Crippen molar-refractivity contribution in [1.82, 2.24) is 0 Å². The van der Waals surface area contributed by atoms with Crippen LogP contribution < -0.4 is 0 Å². The van der Waals surface area contributed by atoms with Gasteiger partial charge in [-0.1, -0.05) is 13.3 Å². The lowest BCUT2D eigenvalue weighted by Crippen LogP contribution is -2.72. The maximum atomic E-state index is 14.6. The van der Waals surface area contributed by atoms with Gasteiger partial charge in [-0.05, 0) is 6.42 Å². The van der Waals surface area contributed by atoms with Crippen molar-refractivity contribution in [3.05, 3.63) is 0 Å². The molecule has 0 amide bonds. The van der Waals surface area contributed by atoms with Gasteiger partial charge in [-0.2, -0.15) is 91.8 Å². The molecule has 2 unspecified atom stereocenters. The van der Waals surface area contributed by atoms with Gasteiger partial charge in [0, 0.05) is 6.61 Å². The van der Waals surface area contributed by atoms with Crippen molar-refractivity contribution in [3.63, 3.8) is 0 Å². The fourth-order valence-corrected chi connectivity index (χ4v) is 3.16. The van der Waals surface area contributed by atoms with Gasteiger partial charge < -0.3 is 9.47 Å². The Labute approximate surface area is 220 Å². The zero-order valence-electron chi connectivity index (χ0n) is 19.6. The van der Waals surface area contributed by atoms with E-state index in [9.17, 15) is 96.2 Å². The highest BCUT2D eigenvalue weighted by Crippen LogP contribution is 2.59. The second-order valence-corrected chi connectivity index (χ2v) is 9.32. The molecule has 42 heavy (non-hydrogen) atoms. The summed E-state index contributed by atoms with van der Waals surface area (Å²) in [6.45, 7) is -2.64. The fourth-order valence-electron chi connectivity index (χ4n) is 2.26. The van der Waals surface area contributed by atoms with Gasteiger partial charge in [0.15, 0.2) is 0 Å². The summed E-state index contributed by atoms with van der Waals surface area (Å²) in [5, 5.41) is -8.19. The molecule has 0 aromatic carbocycles. The molecule has 5 nitrogen and oxygen atoms in total. The van der Waals surface area contributed by atoms with E-state index < -0.39 is 89.4 Å². The quantitative estimate of drug-likeness (QED) is 0.0986. The minimum Gasteiger partial charge on any atom is -0.379 e. The van der Waals surface area contributed by atoms with Crippen LogP contribution in [0.4, 0.5) is 87.8 Å². The first-order valence-electron chi connectivity index (χ1n) is 10.1. The van der Waals surface area contributed by atoms with Gasteiger partial charge >= 0.3 is 63.2 Å². The zero-order chi connectivity index (χ0) is 34.2. The number of halogens is 20. The molecular weight excluding hydrogens is 684 g/mol. The molecule has 0 heterocycles. The highest BCUT2D eigenvalue weighted by atomic mass is 32.2. The van der Waals surface area contributed by atoms with Gasteiger partial charge in [-0.25, -0.2) is 8.57 Å². The molecule has 26 heteroatoms. The minimum atomic E-state index is -8.79. The van der Waals surface area contributed by atoms with Crippen molar-refractivity contribution in [3.8, 4) is 0 Å². The van der Waals surface area contributed by atoms with E-state index in [-0.39, 0.29) is 6.42 Å². The fraction of sp³-hybridized carbons (Fsp3) is 1.00. The topological polar surface area (TPSA) is 61.8 Å². The number of hydrogen-bond acceptors (Lipinski definition) is 5. The molecule has 0 saturated carbocycles. The molecule has 0 aliphatic rings. The smallest absolute Gasteiger partial charge is 0.379 e. The first-order valence-corrected chi connectivity index (χ1v) is 11.5. The summed E-state index contributed by atoms with van der Waals surface area (Å²) in [7, 11) is -8.79. The van der Waals surface area contributed by atoms with Gasteiger partial charge in [-0.15, -0.1) is 0 Å². The molecule has 0 aromatic rings. The maximum absolute atomic E-state index is 14.6. The van der Waals surface area contributed by atoms with Crippen LogP contribution in [0.5, 0.6) is 0 Å². The van der Waals surface area contributed by atoms with Crippen molar-refractivity contribution in [2.24, 2.45) is 0 Å². The third-order valence-electron chi connectivity index (χ3n) is 4.68. The minimum absolute atomic E-state index is 0.0711. The Morgan fingerprint density at radius 3 is 1.40 bits per heavy atom. The van der Waals surface area contributed by atoms with Gasteiger partial charge in [0.2, 0.25) is 0 Å². The molecule has 0 saturated heterocycles. The zero-order valence-corrected chi connectivity index (χ0v) is 20.4. The molecule has 254 valence electrons. The monoisotopic (exact) mass is 698 g/mol. The number of hydrogen-bond donors (Lipinski definition) is 0. The molecule has 0 N–H and O–H groups in total. The van der Waals surface area contributed by atoms with Crippen LogP contribution in [0.3, 0.4) is 0 Å². The Morgan fingerprint density at radius 1 is 0.595 bits per heavy atom. The Balaban J connectivity index is 6.69. The van der Waals surface area contributed by atoms with Crippen molar-refractivity contribution >= 4 is 10.1 Å². The number of unbranched alkanes of at least 4 members (excludes halogenated alkanes) is 1. The standard InChI is InChI=1S/C16H14F20O5S/c1-2-3-4-39-5-6-40-13(28,12(26,27)15(32,33)34)9(20,21)8(18,19)7(17)41-42(37,38)16(35,36)11(24,25)10(22,23)14(29,30)31/h7H,2-6H2,1H3. The predicted octanol–water partition coefficient (Wildman–Crippen LogP) is 7.02. The summed E-state index contributed by atoms with van der Waals surface area (Å²) in [5.74, 6) is -47.9. The number of ether oxygens (including phenoxy) is 2. The molecule has 0 spiro atoms. The molecule has 0 aromatic heterocycles. The molecule has 0 radical (unpaired) electrons. The molecule has 0 bridgehead atoms. The maximum Gasteiger partial charge on any atom is 0.460 e. The summed E-state index contributed by atoms with van der Waals surface area (Å²) in [5.41, 5.74) is 0. The van der Waals surface area contributed by atoms with E-state index in [0.29, 0.717) is 6.42 Å². The van der Waals surface area contributed by atoms with Crippen LogP contribution >= 0.6 is 0 Å². The van der Waals surface area contributed by atoms with E-state index in [0.717, 1.165) is 0 Å². The Bertz CT molecular complexity index is 1010. The van der Waals surface area contributed by atoms with Gasteiger partial charge in [-0.3, -0.25) is 0 Å². The molecule has 0 rings (SSSR count). The lowest BCUT2D eigenvalue weighted by atomic mass is 9.96. The molecule has 0 aliphatic heterocycles. The average molecular weight is 698 g/mol. The molecular formula is C16H14F20O5S. The largest absolute Gasteiger partial charge is 0.460 e. The number of rotatable bonds is 16. The normalized spacial score (nSPS) is 17.7. The average Bonchev–Trinajstić information content (AvgIpc) is 2.78. The second-order valence-electron chi connectivity index (χ2n) is 7.71. The van der Waals surface area contributed by atoms with Crippen molar-refractivity contribution in [2.75, 3.05) is 19.8 Å². The predicted molar refractivity (Wildman–Crippen MR) is 92.2 cm³/mol. The Kier molecular flexibility index (Phi) is 11.6.